The van der Waals surface area contributed by atoms with Crippen LogP contribution in [0, 0.1) is 12.3 Å². The normalized spacial score (nSPS) is 19.2. The van der Waals surface area contributed by atoms with Crippen LogP contribution in [0.1, 0.15) is 31.2 Å². The minimum Gasteiger partial charge on any atom is -0.311 e. The number of nitrogens with zero attached hydrogens (tertiary/aromatic N) is 4. The highest BCUT2D eigenvalue weighted by atomic mass is 35.5. The van der Waals surface area contributed by atoms with Gasteiger partial charge >= 0.3 is 0 Å². The van der Waals surface area contributed by atoms with Crippen LogP contribution in [-0.2, 0) is 12.4 Å². The van der Waals surface area contributed by atoms with E-state index in [0.717, 1.165) is 42.2 Å². The maximum atomic E-state index is 6.11. The first-order chi connectivity index (χ1) is 10.0. The lowest BCUT2D eigenvalue weighted by atomic mass is 9.80. The third kappa shape index (κ3) is 2.92. The van der Waals surface area contributed by atoms with Crippen LogP contribution in [0.25, 0.3) is 11.2 Å². The van der Waals surface area contributed by atoms with Crippen molar-refractivity contribution in [1.29, 1.82) is 0 Å². The van der Waals surface area contributed by atoms with Crippen LogP contribution in [0.15, 0.2) is 12.3 Å². The molecule has 0 N–H and O–H groups in total. The molecule has 2 aromatic heterocycles. The molecular formula is C16H23ClN4. The van der Waals surface area contributed by atoms with Crippen LogP contribution in [0.5, 0.6) is 0 Å². The first kappa shape index (κ1) is 14.8. The number of fused-ring (bicyclic) bond motifs is 1. The van der Waals surface area contributed by atoms with Gasteiger partial charge in [0.05, 0.1) is 5.88 Å². The highest BCUT2D eigenvalue weighted by Gasteiger charge is 2.30. The summed E-state index contributed by atoms with van der Waals surface area (Å²) in [6.07, 6.45) is 4.32. The lowest BCUT2D eigenvalue weighted by Gasteiger charge is -2.38. The summed E-state index contributed by atoms with van der Waals surface area (Å²) in [4.78, 5) is 11.7. The topological polar surface area (TPSA) is 34.0 Å². The van der Waals surface area contributed by atoms with E-state index in [2.05, 4.69) is 39.5 Å². The zero-order chi connectivity index (χ0) is 15.0. The number of likely N-dealkylation sites (tertiary alicyclic amines) is 1. The molecule has 0 saturated carbocycles. The Morgan fingerprint density at radius 2 is 2.05 bits per heavy atom. The van der Waals surface area contributed by atoms with Crippen molar-refractivity contribution in [2.45, 2.75) is 39.1 Å². The van der Waals surface area contributed by atoms with Crippen LogP contribution in [0.3, 0.4) is 0 Å². The molecule has 0 atom stereocenters. The van der Waals surface area contributed by atoms with E-state index in [1.165, 1.54) is 12.8 Å². The fourth-order valence-corrected chi connectivity index (χ4v) is 3.33. The van der Waals surface area contributed by atoms with Gasteiger partial charge in [-0.2, -0.15) is 0 Å². The van der Waals surface area contributed by atoms with E-state index in [4.69, 9.17) is 11.6 Å². The van der Waals surface area contributed by atoms with Crippen molar-refractivity contribution in [2.24, 2.45) is 5.41 Å². The lowest BCUT2D eigenvalue weighted by Crippen LogP contribution is -2.38. The highest BCUT2D eigenvalue weighted by molar-refractivity contribution is 6.16. The van der Waals surface area contributed by atoms with Gasteiger partial charge in [-0.15, -0.1) is 11.6 Å². The summed E-state index contributed by atoms with van der Waals surface area (Å²) < 4.78 is 2.23. The molecule has 4 nitrogen and oxygen atoms in total. The minimum absolute atomic E-state index is 0.299. The van der Waals surface area contributed by atoms with Crippen molar-refractivity contribution in [3.63, 3.8) is 0 Å². The van der Waals surface area contributed by atoms with Crippen molar-refractivity contribution in [1.82, 2.24) is 19.4 Å². The van der Waals surface area contributed by atoms with Gasteiger partial charge in [0.15, 0.2) is 5.65 Å². The molecule has 0 spiro atoms. The van der Waals surface area contributed by atoms with Crippen LogP contribution in [0.4, 0.5) is 0 Å². The van der Waals surface area contributed by atoms with Gasteiger partial charge in [-0.05, 0) is 56.9 Å². The van der Waals surface area contributed by atoms with Gasteiger partial charge in [-0.3, -0.25) is 0 Å². The molecule has 1 aliphatic rings. The lowest BCUT2D eigenvalue weighted by molar-refractivity contribution is 0.121. The fourth-order valence-electron chi connectivity index (χ4n) is 3.12. The standard InChI is InChI=1S/C16H23ClN4/c1-12-8-13-15(18-10-12)21(14(9-17)19-13)11-16(2)4-6-20(3)7-5-16/h8,10H,4-7,9,11H2,1-3H3. The summed E-state index contributed by atoms with van der Waals surface area (Å²) in [5, 5.41) is 0. The first-order valence-corrected chi connectivity index (χ1v) is 8.10. The molecule has 2 aromatic rings. The first-order valence-electron chi connectivity index (χ1n) is 7.57. The predicted octanol–water partition coefficient (Wildman–Crippen LogP) is 3.21. The SMILES string of the molecule is Cc1cnc2c(c1)nc(CCl)n2CC1(C)CCN(C)CC1. The number of rotatable bonds is 3. The Bertz CT molecular complexity index is 641. The summed E-state index contributed by atoms with van der Waals surface area (Å²) in [5.41, 5.74) is 3.37. The van der Waals surface area contributed by atoms with E-state index < -0.39 is 0 Å². The minimum atomic E-state index is 0.299. The maximum absolute atomic E-state index is 6.11. The molecule has 21 heavy (non-hydrogen) atoms. The van der Waals surface area contributed by atoms with Crippen LogP contribution in [0.2, 0.25) is 0 Å². The Hall–Kier alpha value is -1.13. The maximum Gasteiger partial charge on any atom is 0.160 e. The van der Waals surface area contributed by atoms with Crippen molar-refractivity contribution >= 4 is 22.8 Å². The molecule has 3 heterocycles. The Labute approximate surface area is 131 Å². The summed E-state index contributed by atoms with van der Waals surface area (Å²) in [5.74, 6) is 1.37. The molecule has 0 unspecified atom stereocenters. The molecule has 1 fully saturated rings. The van der Waals surface area contributed by atoms with E-state index in [0.29, 0.717) is 11.3 Å². The second-order valence-electron chi connectivity index (χ2n) is 6.72. The molecule has 0 bridgehead atoms. The van der Waals surface area contributed by atoms with Crippen LogP contribution < -0.4 is 0 Å². The number of alkyl halides is 1. The quantitative estimate of drug-likeness (QED) is 0.817. The number of hydrogen-bond acceptors (Lipinski definition) is 3. The molecule has 1 aliphatic heterocycles. The number of imidazole rings is 1. The number of aryl methyl sites for hydroxylation is 1. The number of hydrogen-bond donors (Lipinski definition) is 0. The van der Waals surface area contributed by atoms with Crippen molar-refractivity contribution in [3.05, 3.63) is 23.7 Å². The van der Waals surface area contributed by atoms with Gasteiger partial charge in [-0.1, -0.05) is 6.92 Å². The number of halogens is 1. The largest absolute Gasteiger partial charge is 0.311 e. The molecule has 0 radical (unpaired) electrons. The number of piperidine rings is 1. The van der Waals surface area contributed by atoms with Gasteiger partial charge in [0, 0.05) is 12.7 Å². The van der Waals surface area contributed by atoms with E-state index >= 15 is 0 Å². The van der Waals surface area contributed by atoms with E-state index in [9.17, 15) is 0 Å². The summed E-state index contributed by atoms with van der Waals surface area (Å²) in [6.45, 7) is 7.69. The zero-order valence-corrected chi connectivity index (χ0v) is 13.8. The predicted molar refractivity (Wildman–Crippen MR) is 86.7 cm³/mol. The Morgan fingerprint density at radius 3 is 2.71 bits per heavy atom. The van der Waals surface area contributed by atoms with Crippen molar-refractivity contribution in [3.8, 4) is 0 Å². The Balaban J connectivity index is 1.96. The zero-order valence-electron chi connectivity index (χ0n) is 13.1. The van der Waals surface area contributed by atoms with Gasteiger partial charge in [0.1, 0.15) is 11.3 Å². The highest BCUT2D eigenvalue weighted by Crippen LogP contribution is 2.34. The van der Waals surface area contributed by atoms with Crippen molar-refractivity contribution < 1.29 is 0 Å². The molecule has 5 heteroatoms. The number of aromatic nitrogens is 3. The third-order valence-corrected chi connectivity index (χ3v) is 4.89. The molecule has 0 aliphatic carbocycles. The molecule has 1 saturated heterocycles. The average Bonchev–Trinajstić information content (AvgIpc) is 2.79. The molecule has 3 rings (SSSR count). The Kier molecular flexibility index (Phi) is 3.93. The summed E-state index contributed by atoms with van der Waals surface area (Å²) in [7, 11) is 2.20. The van der Waals surface area contributed by atoms with E-state index in [1.54, 1.807) is 0 Å². The Morgan fingerprint density at radius 1 is 1.33 bits per heavy atom. The smallest absolute Gasteiger partial charge is 0.160 e. The van der Waals surface area contributed by atoms with Gasteiger partial charge < -0.3 is 9.47 Å². The average molecular weight is 307 g/mol. The molecule has 0 amide bonds. The molecule has 114 valence electrons. The summed E-state index contributed by atoms with van der Waals surface area (Å²) in [6, 6.07) is 2.09. The molecular weight excluding hydrogens is 284 g/mol. The number of pyridine rings is 1. The second kappa shape index (κ2) is 5.58. The van der Waals surface area contributed by atoms with Crippen LogP contribution >= 0.6 is 11.6 Å². The molecule has 0 aromatic carbocycles. The third-order valence-electron chi connectivity index (χ3n) is 4.65. The van der Waals surface area contributed by atoms with Gasteiger partial charge in [-0.25, -0.2) is 9.97 Å². The van der Waals surface area contributed by atoms with Crippen LogP contribution in [-0.4, -0.2) is 39.6 Å². The second-order valence-corrected chi connectivity index (χ2v) is 6.98. The van der Waals surface area contributed by atoms with E-state index in [1.807, 2.05) is 13.1 Å². The van der Waals surface area contributed by atoms with E-state index in [-0.39, 0.29) is 0 Å². The fraction of sp³-hybridized carbons (Fsp3) is 0.625. The van der Waals surface area contributed by atoms with Gasteiger partial charge in [0.25, 0.3) is 0 Å². The monoisotopic (exact) mass is 306 g/mol. The van der Waals surface area contributed by atoms with Crippen molar-refractivity contribution in [2.75, 3.05) is 20.1 Å². The van der Waals surface area contributed by atoms with Gasteiger partial charge in [0.2, 0.25) is 0 Å². The summed E-state index contributed by atoms with van der Waals surface area (Å²) >= 11 is 6.11.